The molecule has 6 nitrogen and oxygen atoms in total. The number of carbonyl (C=O) groups is 1. The van der Waals surface area contributed by atoms with Crippen molar-refractivity contribution >= 4 is 15.8 Å². The van der Waals surface area contributed by atoms with Gasteiger partial charge < -0.3 is 9.15 Å². The molecule has 0 atom stereocenters. The molecule has 20 heavy (non-hydrogen) atoms. The Balaban J connectivity index is 3.40. The summed E-state index contributed by atoms with van der Waals surface area (Å²) in [5.41, 5.74) is 0.412. The molecular formula is C13H21NO5S. The molecule has 1 aromatic heterocycles. The Morgan fingerprint density at radius 1 is 1.40 bits per heavy atom. The summed E-state index contributed by atoms with van der Waals surface area (Å²) in [6.07, 6.45) is 1.11. The van der Waals surface area contributed by atoms with E-state index in [4.69, 9.17) is 9.15 Å². The van der Waals surface area contributed by atoms with Gasteiger partial charge in [-0.05, 0) is 26.7 Å². The van der Waals surface area contributed by atoms with Crippen molar-refractivity contribution in [2.75, 3.05) is 12.9 Å². The van der Waals surface area contributed by atoms with Crippen LogP contribution in [0.2, 0.25) is 0 Å². The Labute approximate surface area is 119 Å². The van der Waals surface area contributed by atoms with Crippen molar-refractivity contribution in [2.24, 2.45) is 0 Å². The maximum atomic E-state index is 11.9. The van der Waals surface area contributed by atoms with Gasteiger partial charge in [0.05, 0.1) is 12.3 Å². The normalized spacial score (nSPS) is 12.8. The summed E-state index contributed by atoms with van der Waals surface area (Å²) in [6, 6.07) is 0. The van der Waals surface area contributed by atoms with Crippen molar-refractivity contribution in [2.45, 2.75) is 45.3 Å². The smallest absolute Gasteiger partial charge is 0.376 e. The van der Waals surface area contributed by atoms with Gasteiger partial charge in [-0.1, -0.05) is 13.8 Å². The molecule has 0 fully saturated rings. The summed E-state index contributed by atoms with van der Waals surface area (Å²) in [5, 5.41) is 0. The predicted molar refractivity (Wildman–Crippen MR) is 74.4 cm³/mol. The fourth-order valence-electron chi connectivity index (χ4n) is 1.48. The molecule has 0 aromatic carbocycles. The largest absolute Gasteiger partial charge is 0.460 e. The van der Waals surface area contributed by atoms with Crippen LogP contribution in [0.5, 0.6) is 0 Å². The van der Waals surface area contributed by atoms with Gasteiger partial charge in [0.1, 0.15) is 4.75 Å². The van der Waals surface area contributed by atoms with Gasteiger partial charge in [-0.3, -0.25) is 0 Å². The Morgan fingerprint density at radius 3 is 2.35 bits per heavy atom. The Morgan fingerprint density at radius 2 is 1.95 bits per heavy atom. The van der Waals surface area contributed by atoms with E-state index in [9.17, 15) is 13.2 Å². The SMILES string of the molecule is CCOC(=O)c1oc(C(C)(C)S(C)(=O)=O)nc1C(C)C. The molecular weight excluding hydrogens is 282 g/mol. The minimum atomic E-state index is -3.43. The summed E-state index contributed by atoms with van der Waals surface area (Å²) < 4.78 is 32.7. The first kappa shape index (κ1) is 16.7. The zero-order chi connectivity index (χ0) is 15.7. The number of aromatic nitrogens is 1. The third-order valence-electron chi connectivity index (χ3n) is 3.10. The number of ether oxygens (including phenoxy) is 1. The monoisotopic (exact) mass is 303 g/mol. The lowest BCUT2D eigenvalue weighted by molar-refractivity contribution is 0.0484. The number of hydrogen-bond acceptors (Lipinski definition) is 6. The van der Waals surface area contributed by atoms with E-state index in [-0.39, 0.29) is 24.2 Å². The highest BCUT2D eigenvalue weighted by molar-refractivity contribution is 7.91. The molecule has 1 aromatic rings. The van der Waals surface area contributed by atoms with Crippen LogP contribution in [-0.4, -0.2) is 32.2 Å². The number of oxazole rings is 1. The quantitative estimate of drug-likeness (QED) is 0.775. The van der Waals surface area contributed by atoms with E-state index < -0.39 is 20.6 Å². The second kappa shape index (κ2) is 5.55. The van der Waals surface area contributed by atoms with Crippen LogP contribution < -0.4 is 0 Å². The maximum Gasteiger partial charge on any atom is 0.376 e. The van der Waals surface area contributed by atoms with E-state index in [2.05, 4.69) is 4.98 Å². The van der Waals surface area contributed by atoms with E-state index in [0.29, 0.717) is 5.69 Å². The number of nitrogens with zero attached hydrogens (tertiary/aromatic N) is 1. The summed E-state index contributed by atoms with van der Waals surface area (Å²) >= 11 is 0. The summed E-state index contributed by atoms with van der Waals surface area (Å²) in [5.74, 6) is -0.721. The highest BCUT2D eigenvalue weighted by Crippen LogP contribution is 2.32. The molecule has 0 unspecified atom stereocenters. The lowest BCUT2D eigenvalue weighted by atomic mass is 10.1. The Kier molecular flexibility index (Phi) is 4.63. The molecule has 0 N–H and O–H groups in total. The molecule has 0 spiro atoms. The van der Waals surface area contributed by atoms with E-state index in [0.717, 1.165) is 6.26 Å². The van der Waals surface area contributed by atoms with E-state index in [1.165, 1.54) is 13.8 Å². The average molecular weight is 303 g/mol. The number of sulfone groups is 1. The zero-order valence-electron chi connectivity index (χ0n) is 12.7. The fraction of sp³-hybridized carbons (Fsp3) is 0.692. The van der Waals surface area contributed by atoms with Crippen LogP contribution in [0.1, 0.15) is 62.7 Å². The van der Waals surface area contributed by atoms with E-state index >= 15 is 0 Å². The van der Waals surface area contributed by atoms with Crippen LogP contribution in [0.25, 0.3) is 0 Å². The van der Waals surface area contributed by atoms with Crippen LogP contribution in [0.15, 0.2) is 4.42 Å². The first-order chi connectivity index (χ1) is 9.02. The first-order valence-corrected chi connectivity index (χ1v) is 8.29. The summed E-state index contributed by atoms with van der Waals surface area (Å²) in [7, 11) is -3.43. The van der Waals surface area contributed by atoms with Crippen LogP contribution in [0, 0.1) is 0 Å². The van der Waals surface area contributed by atoms with Crippen molar-refractivity contribution in [1.82, 2.24) is 4.98 Å². The topological polar surface area (TPSA) is 86.5 Å². The Hall–Kier alpha value is -1.37. The molecule has 0 aliphatic carbocycles. The van der Waals surface area contributed by atoms with Crippen molar-refractivity contribution in [1.29, 1.82) is 0 Å². The van der Waals surface area contributed by atoms with Crippen LogP contribution in [0.4, 0.5) is 0 Å². The van der Waals surface area contributed by atoms with Crippen molar-refractivity contribution in [3.63, 3.8) is 0 Å². The molecule has 114 valence electrons. The molecule has 0 saturated heterocycles. The molecule has 7 heteroatoms. The molecule has 0 bridgehead atoms. The highest BCUT2D eigenvalue weighted by Gasteiger charge is 2.39. The fourth-order valence-corrected chi connectivity index (χ4v) is 1.89. The number of hydrogen-bond donors (Lipinski definition) is 0. The summed E-state index contributed by atoms with van der Waals surface area (Å²) in [6.45, 7) is 8.57. The van der Waals surface area contributed by atoms with Gasteiger partial charge in [-0.25, -0.2) is 18.2 Å². The zero-order valence-corrected chi connectivity index (χ0v) is 13.5. The van der Waals surface area contributed by atoms with Gasteiger partial charge in [0.25, 0.3) is 0 Å². The number of rotatable bonds is 5. The van der Waals surface area contributed by atoms with Crippen LogP contribution in [-0.2, 0) is 19.3 Å². The van der Waals surface area contributed by atoms with Gasteiger partial charge in [-0.15, -0.1) is 0 Å². The lowest BCUT2D eigenvalue weighted by Crippen LogP contribution is -2.28. The van der Waals surface area contributed by atoms with Gasteiger partial charge in [0.15, 0.2) is 9.84 Å². The average Bonchev–Trinajstić information content (AvgIpc) is 2.72. The lowest BCUT2D eigenvalue weighted by Gasteiger charge is -2.17. The molecule has 0 amide bonds. The molecule has 0 aliphatic heterocycles. The molecule has 1 heterocycles. The second-order valence-corrected chi connectivity index (χ2v) is 7.96. The van der Waals surface area contributed by atoms with Gasteiger partial charge >= 0.3 is 5.97 Å². The Bertz CT molecular complexity index is 598. The molecule has 0 saturated carbocycles. The predicted octanol–water partition coefficient (Wildman–Crippen LogP) is 2.25. The van der Waals surface area contributed by atoms with Crippen molar-refractivity contribution in [3.8, 4) is 0 Å². The van der Waals surface area contributed by atoms with Crippen molar-refractivity contribution < 1.29 is 22.4 Å². The third-order valence-corrected chi connectivity index (χ3v) is 5.13. The molecule has 0 radical (unpaired) electrons. The van der Waals surface area contributed by atoms with Gasteiger partial charge in [0.2, 0.25) is 11.7 Å². The number of esters is 1. The van der Waals surface area contributed by atoms with E-state index in [1.807, 2.05) is 13.8 Å². The molecule has 1 rings (SSSR count). The van der Waals surface area contributed by atoms with Gasteiger partial charge in [0, 0.05) is 6.26 Å². The highest BCUT2D eigenvalue weighted by atomic mass is 32.2. The van der Waals surface area contributed by atoms with Crippen LogP contribution in [0.3, 0.4) is 0 Å². The third kappa shape index (κ3) is 3.03. The standard InChI is InChI=1S/C13H21NO5S/c1-7-18-11(15)10-9(8(2)3)14-12(19-10)13(4,5)20(6,16)17/h8H,7H2,1-6H3. The molecule has 0 aliphatic rings. The number of carbonyl (C=O) groups excluding carboxylic acids is 1. The second-order valence-electron chi connectivity index (χ2n) is 5.39. The maximum absolute atomic E-state index is 11.9. The van der Waals surface area contributed by atoms with E-state index in [1.54, 1.807) is 6.92 Å². The van der Waals surface area contributed by atoms with Crippen molar-refractivity contribution in [3.05, 3.63) is 17.3 Å². The first-order valence-electron chi connectivity index (χ1n) is 6.40. The minimum absolute atomic E-state index is 0.00625. The summed E-state index contributed by atoms with van der Waals surface area (Å²) in [4.78, 5) is 16.1. The van der Waals surface area contributed by atoms with Gasteiger partial charge in [-0.2, -0.15) is 0 Å². The van der Waals surface area contributed by atoms with Crippen LogP contribution >= 0.6 is 0 Å². The minimum Gasteiger partial charge on any atom is -0.460 e.